The van der Waals surface area contributed by atoms with Crippen LogP contribution in [-0.2, 0) is 14.3 Å². The van der Waals surface area contributed by atoms with Gasteiger partial charge in [-0.25, -0.2) is 4.79 Å². The van der Waals surface area contributed by atoms with E-state index in [1.165, 1.54) is 0 Å². The molecule has 1 aliphatic rings. The SMILES string of the molecule is COCC(NC(=O)N1CCOCC1CC(=O)O)C(C)C. The normalized spacial score (nSPS) is 20.8. The van der Waals surface area contributed by atoms with Crippen molar-refractivity contribution in [1.29, 1.82) is 0 Å². The van der Waals surface area contributed by atoms with Crippen LogP contribution in [0.2, 0.25) is 0 Å². The monoisotopic (exact) mass is 288 g/mol. The summed E-state index contributed by atoms with van der Waals surface area (Å²) in [4.78, 5) is 24.7. The highest BCUT2D eigenvalue weighted by Crippen LogP contribution is 2.12. The van der Waals surface area contributed by atoms with Gasteiger partial charge in [0.2, 0.25) is 0 Å². The van der Waals surface area contributed by atoms with Crippen LogP contribution >= 0.6 is 0 Å². The first-order chi connectivity index (χ1) is 9.45. The minimum Gasteiger partial charge on any atom is -0.481 e. The van der Waals surface area contributed by atoms with Crippen LogP contribution in [0.5, 0.6) is 0 Å². The number of hydrogen-bond donors (Lipinski definition) is 2. The molecule has 0 spiro atoms. The molecule has 1 fully saturated rings. The lowest BCUT2D eigenvalue weighted by Crippen LogP contribution is -2.56. The lowest BCUT2D eigenvalue weighted by Gasteiger charge is -2.36. The zero-order chi connectivity index (χ0) is 15.1. The van der Waals surface area contributed by atoms with E-state index in [1.54, 1.807) is 12.0 Å². The summed E-state index contributed by atoms with van der Waals surface area (Å²) in [5.74, 6) is -0.700. The molecular weight excluding hydrogens is 264 g/mol. The number of morpholine rings is 1. The third-order valence-electron chi connectivity index (χ3n) is 3.36. The zero-order valence-electron chi connectivity index (χ0n) is 12.3. The minimum absolute atomic E-state index is 0.0965. The van der Waals surface area contributed by atoms with E-state index in [1.807, 2.05) is 13.8 Å². The lowest BCUT2D eigenvalue weighted by molar-refractivity contribution is -0.139. The first-order valence-electron chi connectivity index (χ1n) is 6.81. The third kappa shape index (κ3) is 4.97. The van der Waals surface area contributed by atoms with Crippen LogP contribution in [0, 0.1) is 5.92 Å². The Hall–Kier alpha value is -1.34. The maximum absolute atomic E-state index is 12.3. The van der Waals surface area contributed by atoms with E-state index in [0.29, 0.717) is 19.8 Å². The van der Waals surface area contributed by atoms with Gasteiger partial charge in [-0.05, 0) is 5.92 Å². The Bertz CT molecular complexity index is 335. The largest absolute Gasteiger partial charge is 0.481 e. The number of amides is 2. The van der Waals surface area contributed by atoms with E-state index in [-0.39, 0.29) is 31.0 Å². The molecule has 0 aromatic heterocycles. The van der Waals surface area contributed by atoms with Crippen molar-refractivity contribution in [1.82, 2.24) is 10.2 Å². The summed E-state index contributed by atoms with van der Waals surface area (Å²) in [6.07, 6.45) is -0.107. The second-order valence-electron chi connectivity index (χ2n) is 5.28. The molecule has 116 valence electrons. The van der Waals surface area contributed by atoms with E-state index in [0.717, 1.165) is 0 Å². The van der Waals surface area contributed by atoms with Crippen molar-refractivity contribution in [3.05, 3.63) is 0 Å². The molecule has 2 unspecified atom stereocenters. The smallest absolute Gasteiger partial charge is 0.318 e. The van der Waals surface area contributed by atoms with Crippen LogP contribution in [0.1, 0.15) is 20.3 Å². The Morgan fingerprint density at radius 2 is 2.20 bits per heavy atom. The Balaban J connectivity index is 2.64. The molecule has 1 rings (SSSR count). The molecular formula is C13H24N2O5. The van der Waals surface area contributed by atoms with Gasteiger partial charge in [0.05, 0.1) is 38.3 Å². The van der Waals surface area contributed by atoms with E-state index in [4.69, 9.17) is 14.6 Å². The second-order valence-corrected chi connectivity index (χ2v) is 5.28. The number of ether oxygens (including phenoxy) is 2. The van der Waals surface area contributed by atoms with E-state index < -0.39 is 12.0 Å². The predicted molar refractivity (Wildman–Crippen MR) is 72.6 cm³/mol. The van der Waals surface area contributed by atoms with Gasteiger partial charge in [-0.2, -0.15) is 0 Å². The average molecular weight is 288 g/mol. The number of nitrogens with zero attached hydrogens (tertiary/aromatic N) is 1. The van der Waals surface area contributed by atoms with Gasteiger partial charge in [0, 0.05) is 13.7 Å². The first kappa shape index (κ1) is 16.7. The van der Waals surface area contributed by atoms with Crippen LogP contribution in [-0.4, -0.2) is 67.6 Å². The molecule has 0 aliphatic carbocycles. The summed E-state index contributed by atoms with van der Waals surface area (Å²) in [5.41, 5.74) is 0. The van der Waals surface area contributed by atoms with Crippen LogP contribution < -0.4 is 5.32 Å². The lowest BCUT2D eigenvalue weighted by atomic mass is 10.1. The number of aliphatic carboxylic acids is 1. The van der Waals surface area contributed by atoms with E-state index >= 15 is 0 Å². The predicted octanol–water partition coefficient (Wildman–Crippen LogP) is 0.543. The van der Waals surface area contributed by atoms with Crippen LogP contribution in [0.25, 0.3) is 0 Å². The van der Waals surface area contributed by atoms with E-state index in [2.05, 4.69) is 5.32 Å². The van der Waals surface area contributed by atoms with Gasteiger partial charge in [-0.3, -0.25) is 4.79 Å². The number of carbonyl (C=O) groups is 2. The van der Waals surface area contributed by atoms with Crippen molar-refractivity contribution in [2.75, 3.05) is 33.5 Å². The summed E-state index contributed by atoms with van der Waals surface area (Å²) in [7, 11) is 1.59. The Morgan fingerprint density at radius 1 is 1.50 bits per heavy atom. The number of carboxylic acids is 1. The summed E-state index contributed by atoms with van der Waals surface area (Å²) < 4.78 is 10.3. The highest BCUT2D eigenvalue weighted by molar-refractivity contribution is 5.76. The van der Waals surface area contributed by atoms with Crippen molar-refractivity contribution < 1.29 is 24.2 Å². The van der Waals surface area contributed by atoms with Gasteiger partial charge in [-0.1, -0.05) is 13.8 Å². The molecule has 1 heterocycles. The Kier molecular flexibility index (Phi) is 6.74. The third-order valence-corrected chi connectivity index (χ3v) is 3.36. The molecule has 0 radical (unpaired) electrons. The molecule has 20 heavy (non-hydrogen) atoms. The van der Waals surface area contributed by atoms with Crippen molar-refractivity contribution in [3.63, 3.8) is 0 Å². The van der Waals surface area contributed by atoms with Crippen molar-refractivity contribution in [3.8, 4) is 0 Å². The van der Waals surface area contributed by atoms with Crippen molar-refractivity contribution >= 4 is 12.0 Å². The van der Waals surface area contributed by atoms with Gasteiger partial charge >= 0.3 is 12.0 Å². The number of hydrogen-bond acceptors (Lipinski definition) is 4. The molecule has 1 aliphatic heterocycles. The molecule has 0 aromatic rings. The number of urea groups is 1. The number of rotatable bonds is 6. The van der Waals surface area contributed by atoms with Gasteiger partial charge in [-0.15, -0.1) is 0 Å². The zero-order valence-corrected chi connectivity index (χ0v) is 12.3. The van der Waals surface area contributed by atoms with Gasteiger partial charge in [0.1, 0.15) is 0 Å². The molecule has 7 heteroatoms. The minimum atomic E-state index is -0.935. The highest BCUT2D eigenvalue weighted by Gasteiger charge is 2.30. The highest BCUT2D eigenvalue weighted by atomic mass is 16.5. The van der Waals surface area contributed by atoms with Crippen molar-refractivity contribution in [2.45, 2.75) is 32.4 Å². The number of carbonyl (C=O) groups excluding carboxylic acids is 1. The molecule has 7 nitrogen and oxygen atoms in total. The van der Waals surface area contributed by atoms with Gasteiger partial charge in [0.25, 0.3) is 0 Å². The van der Waals surface area contributed by atoms with Gasteiger partial charge < -0.3 is 24.8 Å². The molecule has 0 aromatic carbocycles. The molecule has 2 atom stereocenters. The molecule has 0 saturated carbocycles. The fraction of sp³-hybridized carbons (Fsp3) is 0.846. The standard InChI is InChI=1S/C13H24N2O5/c1-9(2)11(8-19-3)14-13(18)15-4-5-20-7-10(15)6-12(16)17/h9-11H,4-8H2,1-3H3,(H,14,18)(H,16,17). The number of methoxy groups -OCH3 is 1. The maximum atomic E-state index is 12.3. The molecule has 1 saturated heterocycles. The van der Waals surface area contributed by atoms with Crippen LogP contribution in [0.4, 0.5) is 4.79 Å². The fourth-order valence-corrected chi connectivity index (χ4v) is 2.11. The fourth-order valence-electron chi connectivity index (χ4n) is 2.11. The summed E-state index contributed by atoms with van der Waals surface area (Å²) >= 11 is 0. The van der Waals surface area contributed by atoms with Crippen molar-refractivity contribution in [2.24, 2.45) is 5.92 Å². The van der Waals surface area contributed by atoms with E-state index in [9.17, 15) is 9.59 Å². The molecule has 2 amide bonds. The summed E-state index contributed by atoms with van der Waals surface area (Å²) in [5, 5.41) is 11.8. The quantitative estimate of drug-likeness (QED) is 0.745. The summed E-state index contributed by atoms with van der Waals surface area (Å²) in [6, 6.07) is -0.771. The summed E-state index contributed by atoms with van der Waals surface area (Å²) in [6.45, 7) is 5.52. The average Bonchev–Trinajstić information content (AvgIpc) is 2.37. The maximum Gasteiger partial charge on any atom is 0.318 e. The molecule has 0 bridgehead atoms. The van der Waals surface area contributed by atoms with Crippen LogP contribution in [0.3, 0.4) is 0 Å². The van der Waals surface area contributed by atoms with Crippen LogP contribution in [0.15, 0.2) is 0 Å². The topological polar surface area (TPSA) is 88.1 Å². The Labute approximate surface area is 119 Å². The number of nitrogens with one attached hydrogen (secondary N) is 1. The van der Waals surface area contributed by atoms with Gasteiger partial charge in [0.15, 0.2) is 0 Å². The first-order valence-corrected chi connectivity index (χ1v) is 6.81. The molecule has 2 N–H and O–H groups in total. The Morgan fingerprint density at radius 3 is 2.75 bits per heavy atom. The second kappa shape index (κ2) is 8.06. The number of carboxylic acid groups (broad SMARTS) is 1.